The number of rotatable bonds is 10. The number of hydrogen-bond acceptors (Lipinski definition) is 2. The summed E-state index contributed by atoms with van der Waals surface area (Å²) >= 11 is 0. The molecule has 0 N–H and O–H groups in total. The van der Waals surface area contributed by atoms with Crippen molar-refractivity contribution in [3.8, 4) is 5.75 Å². The number of ether oxygens (including phenoxy) is 2. The second kappa shape index (κ2) is 8.31. The van der Waals surface area contributed by atoms with E-state index in [1.165, 1.54) is 50.5 Å². The highest BCUT2D eigenvalue weighted by atomic mass is 16.6. The van der Waals surface area contributed by atoms with E-state index < -0.39 is 0 Å². The van der Waals surface area contributed by atoms with Crippen molar-refractivity contribution in [1.82, 2.24) is 0 Å². The Kier molecular flexibility index (Phi) is 6.38. The van der Waals surface area contributed by atoms with Gasteiger partial charge in [0.05, 0.1) is 6.61 Å². The highest BCUT2D eigenvalue weighted by Gasteiger charge is 2.30. The lowest BCUT2D eigenvalue weighted by Gasteiger charge is -2.12. The zero-order chi connectivity index (χ0) is 14.2. The molecule has 1 aliphatic heterocycles. The van der Waals surface area contributed by atoms with Crippen LogP contribution in [0.1, 0.15) is 57.9 Å². The smallest absolute Gasteiger partial charge is 0.124 e. The minimum absolute atomic E-state index is 0.166. The Bertz CT molecular complexity index is 368. The summed E-state index contributed by atoms with van der Waals surface area (Å²) in [6.07, 6.45) is 9.80. The largest absolute Gasteiger partial charge is 0.488 e. The van der Waals surface area contributed by atoms with Crippen LogP contribution in [-0.4, -0.2) is 18.8 Å². The first-order valence-electron chi connectivity index (χ1n) is 8.17. The Hall–Kier alpha value is -1.02. The van der Waals surface area contributed by atoms with Crippen LogP contribution < -0.4 is 4.74 Å². The predicted octanol–water partition coefficient (Wildman–Crippen LogP) is 4.76. The van der Waals surface area contributed by atoms with Gasteiger partial charge in [0.25, 0.3) is 0 Å². The van der Waals surface area contributed by atoms with Crippen LogP contribution in [0.15, 0.2) is 24.3 Å². The van der Waals surface area contributed by atoms with E-state index in [0.29, 0.717) is 6.10 Å². The summed E-state index contributed by atoms with van der Waals surface area (Å²) in [4.78, 5) is 0. The van der Waals surface area contributed by atoms with Crippen LogP contribution in [0.4, 0.5) is 0 Å². The summed E-state index contributed by atoms with van der Waals surface area (Å²) in [5.74, 6) is 0.958. The molecule has 2 unspecified atom stereocenters. The normalized spacial score (nSPS) is 18.8. The zero-order valence-corrected chi connectivity index (χ0v) is 12.9. The third kappa shape index (κ3) is 5.54. The Morgan fingerprint density at radius 2 is 1.75 bits per heavy atom. The molecule has 2 atom stereocenters. The molecule has 0 aromatic heterocycles. The predicted molar refractivity (Wildman–Crippen MR) is 83.4 cm³/mol. The van der Waals surface area contributed by atoms with Crippen molar-refractivity contribution in [2.75, 3.05) is 6.61 Å². The lowest BCUT2D eigenvalue weighted by atomic mass is 10.0. The van der Waals surface area contributed by atoms with Crippen LogP contribution in [-0.2, 0) is 11.2 Å². The fourth-order valence-electron chi connectivity index (χ4n) is 2.46. The minimum atomic E-state index is 0.166. The fraction of sp³-hybridized carbons (Fsp3) is 0.667. The van der Waals surface area contributed by atoms with Crippen molar-refractivity contribution in [3.05, 3.63) is 29.8 Å². The van der Waals surface area contributed by atoms with Crippen molar-refractivity contribution >= 4 is 0 Å². The average Bonchev–Trinajstić information content (AvgIpc) is 3.29. The Morgan fingerprint density at radius 3 is 2.40 bits per heavy atom. The summed E-state index contributed by atoms with van der Waals surface area (Å²) < 4.78 is 11.1. The molecule has 1 saturated heterocycles. The lowest BCUT2D eigenvalue weighted by Crippen LogP contribution is -2.18. The van der Waals surface area contributed by atoms with Crippen LogP contribution in [0.2, 0.25) is 0 Å². The highest BCUT2D eigenvalue weighted by Crippen LogP contribution is 2.21. The number of epoxide rings is 1. The second-order valence-corrected chi connectivity index (χ2v) is 5.86. The molecular formula is C18H28O2. The van der Waals surface area contributed by atoms with Gasteiger partial charge in [-0.1, -0.05) is 51.2 Å². The van der Waals surface area contributed by atoms with Crippen molar-refractivity contribution in [3.63, 3.8) is 0 Å². The molecule has 0 spiro atoms. The van der Waals surface area contributed by atoms with E-state index in [2.05, 4.69) is 38.1 Å². The summed E-state index contributed by atoms with van der Waals surface area (Å²) in [5, 5.41) is 0. The van der Waals surface area contributed by atoms with Gasteiger partial charge in [-0.15, -0.1) is 0 Å². The molecule has 1 aromatic rings. The van der Waals surface area contributed by atoms with Gasteiger partial charge in [0.2, 0.25) is 0 Å². The summed E-state index contributed by atoms with van der Waals surface area (Å²) in [7, 11) is 0. The van der Waals surface area contributed by atoms with Crippen LogP contribution in [0, 0.1) is 0 Å². The molecule has 0 radical (unpaired) electrons. The first kappa shape index (κ1) is 15.4. The standard InChI is InChI=1S/C18H28O2/c1-3-4-5-6-7-8-9-16-10-12-17(13-11-16)20-15(2)18-14-19-18/h10-13,15,18H,3-9,14H2,1-2H3. The second-order valence-electron chi connectivity index (χ2n) is 5.86. The van der Waals surface area contributed by atoms with Crippen molar-refractivity contribution in [1.29, 1.82) is 0 Å². The number of benzene rings is 1. The van der Waals surface area contributed by atoms with Gasteiger partial charge in [0.15, 0.2) is 0 Å². The maximum atomic E-state index is 5.84. The van der Waals surface area contributed by atoms with Gasteiger partial charge in [-0.3, -0.25) is 0 Å². The van der Waals surface area contributed by atoms with E-state index in [1.54, 1.807) is 0 Å². The van der Waals surface area contributed by atoms with E-state index in [9.17, 15) is 0 Å². The third-order valence-electron chi connectivity index (χ3n) is 3.95. The molecule has 2 rings (SSSR count). The van der Waals surface area contributed by atoms with Gasteiger partial charge in [-0.25, -0.2) is 0 Å². The maximum absolute atomic E-state index is 5.84. The highest BCUT2D eigenvalue weighted by molar-refractivity contribution is 5.27. The maximum Gasteiger partial charge on any atom is 0.124 e. The fourth-order valence-corrected chi connectivity index (χ4v) is 2.46. The van der Waals surface area contributed by atoms with Crippen LogP contribution in [0.3, 0.4) is 0 Å². The van der Waals surface area contributed by atoms with Crippen molar-refractivity contribution in [2.45, 2.75) is 71.0 Å². The van der Waals surface area contributed by atoms with Crippen LogP contribution >= 0.6 is 0 Å². The van der Waals surface area contributed by atoms with Crippen LogP contribution in [0.25, 0.3) is 0 Å². The third-order valence-corrected chi connectivity index (χ3v) is 3.95. The number of hydrogen-bond donors (Lipinski definition) is 0. The molecule has 1 aliphatic rings. The summed E-state index contributed by atoms with van der Waals surface area (Å²) in [5.41, 5.74) is 1.42. The Labute approximate surface area is 123 Å². The van der Waals surface area contributed by atoms with Crippen molar-refractivity contribution < 1.29 is 9.47 Å². The van der Waals surface area contributed by atoms with Gasteiger partial charge in [-0.05, 0) is 37.5 Å². The molecule has 1 aromatic carbocycles. The topological polar surface area (TPSA) is 21.8 Å². The lowest BCUT2D eigenvalue weighted by molar-refractivity contribution is 0.176. The summed E-state index contributed by atoms with van der Waals surface area (Å²) in [6.45, 7) is 5.18. The van der Waals surface area contributed by atoms with E-state index in [-0.39, 0.29) is 6.10 Å². The van der Waals surface area contributed by atoms with E-state index >= 15 is 0 Å². The SMILES string of the molecule is CCCCCCCCc1ccc(OC(C)C2CO2)cc1. The molecule has 112 valence electrons. The van der Waals surface area contributed by atoms with Gasteiger partial charge >= 0.3 is 0 Å². The molecule has 0 saturated carbocycles. The average molecular weight is 276 g/mol. The van der Waals surface area contributed by atoms with Gasteiger partial charge in [0.1, 0.15) is 18.0 Å². The molecule has 0 bridgehead atoms. The number of unbranched alkanes of at least 4 members (excludes halogenated alkanes) is 5. The monoisotopic (exact) mass is 276 g/mol. The molecule has 1 fully saturated rings. The molecule has 0 aliphatic carbocycles. The number of aryl methyl sites for hydroxylation is 1. The Morgan fingerprint density at radius 1 is 1.10 bits per heavy atom. The van der Waals surface area contributed by atoms with E-state index in [0.717, 1.165) is 12.4 Å². The zero-order valence-electron chi connectivity index (χ0n) is 12.9. The van der Waals surface area contributed by atoms with E-state index in [4.69, 9.17) is 9.47 Å². The van der Waals surface area contributed by atoms with Gasteiger partial charge in [0, 0.05) is 0 Å². The quantitative estimate of drug-likeness (QED) is 0.454. The van der Waals surface area contributed by atoms with E-state index in [1.807, 2.05) is 0 Å². The first-order valence-corrected chi connectivity index (χ1v) is 8.17. The van der Waals surface area contributed by atoms with Crippen molar-refractivity contribution in [2.24, 2.45) is 0 Å². The molecule has 2 heteroatoms. The molecule has 1 heterocycles. The van der Waals surface area contributed by atoms with Gasteiger partial charge < -0.3 is 9.47 Å². The first-order chi connectivity index (χ1) is 9.79. The minimum Gasteiger partial charge on any atom is -0.488 e. The molecular weight excluding hydrogens is 248 g/mol. The summed E-state index contributed by atoms with van der Waals surface area (Å²) in [6, 6.07) is 8.57. The molecule has 2 nitrogen and oxygen atoms in total. The molecule has 0 amide bonds. The Balaban J connectivity index is 1.63. The van der Waals surface area contributed by atoms with Gasteiger partial charge in [-0.2, -0.15) is 0 Å². The van der Waals surface area contributed by atoms with Crippen LogP contribution in [0.5, 0.6) is 5.75 Å². The molecule has 20 heavy (non-hydrogen) atoms.